The van der Waals surface area contributed by atoms with Crippen LogP contribution in [0.3, 0.4) is 0 Å². The molecule has 0 radical (unpaired) electrons. The average Bonchev–Trinajstić information content (AvgIpc) is 2.37. The van der Waals surface area contributed by atoms with Crippen LogP contribution in [-0.4, -0.2) is 28.6 Å². The molecular weight excluding hydrogens is 325 g/mol. The van der Waals surface area contributed by atoms with Gasteiger partial charge in [0, 0.05) is 6.20 Å². The smallest absolute Gasteiger partial charge is 0.246 e. The average molecular weight is 334 g/mol. The van der Waals surface area contributed by atoms with Gasteiger partial charge in [0.2, 0.25) is 0 Å². The number of aromatic nitrogens is 4. The molecule has 0 atom stereocenters. The maximum absolute atomic E-state index is 12.1. The van der Waals surface area contributed by atoms with Crippen LogP contribution in [0, 0.1) is 13.8 Å². The molecule has 0 saturated heterocycles. The minimum Gasteiger partial charge on any atom is -0.246 e. The number of hydrogen-bond acceptors (Lipinski definition) is 6. The van der Waals surface area contributed by atoms with Crippen LogP contribution < -0.4 is 4.72 Å². The Morgan fingerprint density at radius 2 is 1.85 bits per heavy atom. The molecule has 10 heteroatoms. The number of nitrogens with zero attached hydrogens (tertiary/aromatic N) is 4. The van der Waals surface area contributed by atoms with Gasteiger partial charge in [-0.2, -0.15) is 5.10 Å². The fourth-order valence-corrected chi connectivity index (χ4v) is 2.47. The number of pyridine rings is 1. The van der Waals surface area contributed by atoms with E-state index >= 15 is 0 Å². The Bertz CT molecular complexity index is 766. The molecule has 2 heterocycles. The second kappa shape index (κ2) is 5.47. The van der Waals surface area contributed by atoms with Gasteiger partial charge in [-0.25, -0.2) is 23.1 Å². The van der Waals surface area contributed by atoms with Crippen LogP contribution in [0.15, 0.2) is 17.2 Å². The van der Waals surface area contributed by atoms with Crippen molar-refractivity contribution >= 4 is 39.2 Å². The van der Waals surface area contributed by atoms with Gasteiger partial charge in [-0.1, -0.05) is 23.2 Å². The van der Waals surface area contributed by atoms with Crippen molar-refractivity contribution in [3.05, 3.63) is 33.8 Å². The van der Waals surface area contributed by atoms with Crippen LogP contribution in [0.2, 0.25) is 10.2 Å². The lowest BCUT2D eigenvalue weighted by atomic mass is 10.4. The van der Waals surface area contributed by atoms with E-state index in [4.69, 9.17) is 23.2 Å². The van der Waals surface area contributed by atoms with Crippen molar-refractivity contribution < 1.29 is 8.42 Å². The number of halogens is 2. The van der Waals surface area contributed by atoms with E-state index in [0.717, 1.165) is 6.20 Å². The van der Waals surface area contributed by atoms with Gasteiger partial charge in [-0.15, -0.1) is 5.10 Å². The van der Waals surface area contributed by atoms with Crippen LogP contribution in [-0.2, 0) is 10.0 Å². The monoisotopic (exact) mass is 333 g/mol. The van der Waals surface area contributed by atoms with Crippen LogP contribution >= 0.6 is 23.2 Å². The Balaban J connectivity index is 2.35. The molecule has 1 N–H and O–H groups in total. The third-order valence-corrected chi connectivity index (χ3v) is 4.38. The summed E-state index contributed by atoms with van der Waals surface area (Å²) in [6.07, 6.45) is 1.09. The quantitative estimate of drug-likeness (QED) is 0.862. The number of nitrogens with one attached hydrogen (secondary N) is 1. The van der Waals surface area contributed by atoms with Gasteiger partial charge in [0.25, 0.3) is 16.0 Å². The van der Waals surface area contributed by atoms with E-state index in [9.17, 15) is 8.42 Å². The Morgan fingerprint density at radius 3 is 2.45 bits per heavy atom. The van der Waals surface area contributed by atoms with E-state index in [-0.39, 0.29) is 21.0 Å². The van der Waals surface area contributed by atoms with Crippen LogP contribution in [0.1, 0.15) is 11.4 Å². The highest BCUT2D eigenvalue weighted by Gasteiger charge is 2.18. The molecule has 0 amide bonds. The highest BCUT2D eigenvalue weighted by atomic mass is 35.5. The van der Waals surface area contributed by atoms with E-state index in [1.165, 1.54) is 6.07 Å². The van der Waals surface area contributed by atoms with Crippen LogP contribution in [0.5, 0.6) is 0 Å². The Morgan fingerprint density at radius 1 is 1.15 bits per heavy atom. The lowest BCUT2D eigenvalue weighted by Gasteiger charge is -2.07. The second-order valence-electron chi connectivity index (χ2n) is 3.86. The van der Waals surface area contributed by atoms with Crippen molar-refractivity contribution in [1.82, 2.24) is 20.2 Å². The Labute approximate surface area is 125 Å². The molecule has 2 aromatic heterocycles. The zero-order valence-electron chi connectivity index (χ0n) is 10.4. The van der Waals surface area contributed by atoms with Gasteiger partial charge in [0.05, 0.1) is 16.4 Å². The fourth-order valence-electron chi connectivity index (χ4n) is 1.23. The second-order valence-corrected chi connectivity index (χ2v) is 6.30. The first kappa shape index (κ1) is 14.9. The summed E-state index contributed by atoms with van der Waals surface area (Å²) in [7, 11) is -3.90. The van der Waals surface area contributed by atoms with Crippen molar-refractivity contribution in [2.24, 2.45) is 0 Å². The largest absolute Gasteiger partial charge is 0.265 e. The summed E-state index contributed by atoms with van der Waals surface area (Å²) in [4.78, 5) is 7.51. The molecule has 0 aliphatic heterocycles. The number of sulfonamides is 1. The van der Waals surface area contributed by atoms with Crippen molar-refractivity contribution in [2.45, 2.75) is 18.7 Å². The van der Waals surface area contributed by atoms with Gasteiger partial charge < -0.3 is 0 Å². The van der Waals surface area contributed by atoms with Crippen LogP contribution in [0.25, 0.3) is 0 Å². The molecule has 2 aromatic rings. The lowest BCUT2D eigenvalue weighted by Crippen LogP contribution is -2.16. The predicted octanol–water partition coefficient (Wildman–Crippen LogP) is 1.99. The first-order valence-corrected chi connectivity index (χ1v) is 7.55. The minimum absolute atomic E-state index is 0.0229. The molecule has 0 fully saturated rings. The Hall–Kier alpha value is -1.51. The zero-order valence-corrected chi connectivity index (χ0v) is 12.8. The first-order valence-electron chi connectivity index (χ1n) is 5.31. The molecule has 20 heavy (non-hydrogen) atoms. The van der Waals surface area contributed by atoms with Gasteiger partial charge in [-0.3, -0.25) is 0 Å². The number of aryl methyl sites for hydroxylation is 2. The standard InChI is InChI=1S/C10H9Cl2N5O2S/c1-5-6(2)15-16-10(14-5)17-20(18,19)7-3-8(11)9(12)13-4-7/h3-4H,1-2H3,(H,14,16,17). The number of hydrogen-bond donors (Lipinski definition) is 1. The summed E-state index contributed by atoms with van der Waals surface area (Å²) in [5.41, 5.74) is 1.19. The van der Waals surface area contributed by atoms with Gasteiger partial charge in [0.15, 0.2) is 0 Å². The van der Waals surface area contributed by atoms with Crippen molar-refractivity contribution in [1.29, 1.82) is 0 Å². The topological polar surface area (TPSA) is 97.7 Å². The van der Waals surface area contributed by atoms with E-state index in [0.29, 0.717) is 11.4 Å². The zero-order chi connectivity index (χ0) is 14.9. The molecule has 0 aliphatic rings. The molecule has 0 aromatic carbocycles. The molecule has 0 aliphatic carbocycles. The Kier molecular flexibility index (Phi) is 4.07. The number of rotatable bonds is 3. The summed E-state index contributed by atoms with van der Waals surface area (Å²) >= 11 is 11.4. The van der Waals surface area contributed by atoms with Gasteiger partial charge >= 0.3 is 0 Å². The van der Waals surface area contributed by atoms with E-state index in [1.807, 2.05) is 0 Å². The SMILES string of the molecule is Cc1nnc(NS(=O)(=O)c2cnc(Cl)c(Cl)c2)nc1C. The summed E-state index contributed by atoms with van der Waals surface area (Å²) in [6.45, 7) is 3.42. The van der Waals surface area contributed by atoms with E-state index in [1.54, 1.807) is 13.8 Å². The van der Waals surface area contributed by atoms with E-state index < -0.39 is 10.0 Å². The molecule has 0 saturated carbocycles. The third kappa shape index (κ3) is 3.14. The summed E-state index contributed by atoms with van der Waals surface area (Å²) in [5.74, 6) is -0.126. The molecule has 0 spiro atoms. The first-order chi connectivity index (χ1) is 9.29. The van der Waals surface area contributed by atoms with Crippen molar-refractivity contribution in [3.8, 4) is 0 Å². The van der Waals surface area contributed by atoms with Gasteiger partial charge in [0.1, 0.15) is 10.0 Å². The normalized spacial score (nSPS) is 11.4. The number of anilines is 1. The highest BCUT2D eigenvalue weighted by Crippen LogP contribution is 2.23. The predicted molar refractivity (Wildman–Crippen MR) is 74.4 cm³/mol. The molecule has 7 nitrogen and oxygen atoms in total. The van der Waals surface area contributed by atoms with Crippen molar-refractivity contribution in [2.75, 3.05) is 4.72 Å². The summed E-state index contributed by atoms with van der Waals surface area (Å²) < 4.78 is 26.4. The maximum atomic E-state index is 12.1. The van der Waals surface area contributed by atoms with Crippen molar-refractivity contribution in [3.63, 3.8) is 0 Å². The summed E-state index contributed by atoms with van der Waals surface area (Å²) in [6, 6.07) is 1.19. The maximum Gasteiger partial charge on any atom is 0.265 e. The molecule has 0 unspecified atom stereocenters. The molecule has 2 rings (SSSR count). The lowest BCUT2D eigenvalue weighted by molar-refractivity contribution is 0.600. The molecule has 106 valence electrons. The van der Waals surface area contributed by atoms with Crippen LogP contribution in [0.4, 0.5) is 5.95 Å². The fraction of sp³-hybridized carbons (Fsp3) is 0.200. The molecular formula is C10H9Cl2N5O2S. The summed E-state index contributed by atoms with van der Waals surface area (Å²) in [5, 5.41) is 7.50. The minimum atomic E-state index is -3.90. The highest BCUT2D eigenvalue weighted by molar-refractivity contribution is 7.92. The van der Waals surface area contributed by atoms with Gasteiger partial charge in [-0.05, 0) is 19.9 Å². The molecule has 0 bridgehead atoms. The third-order valence-electron chi connectivity index (χ3n) is 2.40. The van der Waals surface area contributed by atoms with E-state index in [2.05, 4.69) is 24.9 Å².